The zero-order valence-corrected chi connectivity index (χ0v) is 13.4. The molecule has 0 saturated carbocycles. The van der Waals surface area contributed by atoms with Crippen molar-refractivity contribution in [3.05, 3.63) is 35.9 Å². The van der Waals surface area contributed by atoms with E-state index in [4.69, 9.17) is 4.74 Å². The molecule has 0 aromatic heterocycles. The van der Waals surface area contributed by atoms with Crippen LogP contribution in [0.2, 0.25) is 0 Å². The number of sulfone groups is 1. The lowest BCUT2D eigenvalue weighted by molar-refractivity contribution is 0.195. The molecule has 0 spiro atoms. The van der Waals surface area contributed by atoms with Crippen molar-refractivity contribution in [2.75, 3.05) is 38.3 Å². The van der Waals surface area contributed by atoms with E-state index in [1.54, 1.807) is 7.11 Å². The Hall–Kier alpha value is -0.910. The topological polar surface area (TPSA) is 55.4 Å². The molecule has 1 heterocycles. The van der Waals surface area contributed by atoms with Crippen LogP contribution in [0.5, 0.6) is 0 Å². The fraction of sp³-hybridized carbons (Fsp3) is 0.625. The van der Waals surface area contributed by atoms with E-state index in [1.807, 2.05) is 18.2 Å². The zero-order valence-electron chi connectivity index (χ0n) is 12.6. The van der Waals surface area contributed by atoms with Gasteiger partial charge >= 0.3 is 0 Å². The Kier molecular flexibility index (Phi) is 6.21. The molecule has 0 aliphatic carbocycles. The number of hydrogen-bond acceptors (Lipinski definition) is 4. The van der Waals surface area contributed by atoms with Gasteiger partial charge in [-0.05, 0) is 36.8 Å². The number of rotatable bonds is 8. The number of ether oxygens (including phenoxy) is 1. The number of methoxy groups -OCH3 is 1. The molecule has 1 aliphatic rings. The predicted octanol–water partition coefficient (Wildman–Crippen LogP) is 1.52. The van der Waals surface area contributed by atoms with E-state index in [9.17, 15) is 8.42 Å². The Labute approximate surface area is 127 Å². The van der Waals surface area contributed by atoms with Gasteiger partial charge in [0.15, 0.2) is 9.84 Å². The third kappa shape index (κ3) is 5.41. The maximum Gasteiger partial charge on any atom is 0.150 e. The Balaban J connectivity index is 1.96. The van der Waals surface area contributed by atoms with Crippen molar-refractivity contribution in [1.29, 1.82) is 0 Å². The first kappa shape index (κ1) is 16.5. The van der Waals surface area contributed by atoms with Gasteiger partial charge in [-0.3, -0.25) is 0 Å². The second-order valence-corrected chi connectivity index (χ2v) is 8.04. The van der Waals surface area contributed by atoms with E-state index in [0.29, 0.717) is 24.0 Å². The highest BCUT2D eigenvalue weighted by Gasteiger charge is 2.33. The van der Waals surface area contributed by atoms with Crippen LogP contribution in [0.1, 0.15) is 12.0 Å². The molecule has 4 nitrogen and oxygen atoms in total. The van der Waals surface area contributed by atoms with Crippen LogP contribution >= 0.6 is 0 Å². The number of benzene rings is 1. The molecule has 0 radical (unpaired) electrons. The molecule has 1 fully saturated rings. The summed E-state index contributed by atoms with van der Waals surface area (Å²) in [5, 5.41) is 3.39. The molecular formula is C16H25NO3S. The summed E-state index contributed by atoms with van der Waals surface area (Å²) in [7, 11) is -1.13. The van der Waals surface area contributed by atoms with Crippen molar-refractivity contribution < 1.29 is 13.2 Å². The summed E-state index contributed by atoms with van der Waals surface area (Å²) in [5.74, 6) is 1.32. The Morgan fingerprint density at radius 2 is 2.10 bits per heavy atom. The van der Waals surface area contributed by atoms with Crippen LogP contribution in [-0.4, -0.2) is 46.7 Å². The van der Waals surface area contributed by atoms with Crippen LogP contribution in [0, 0.1) is 11.8 Å². The molecule has 5 heteroatoms. The van der Waals surface area contributed by atoms with Crippen molar-refractivity contribution in [2.45, 2.75) is 12.8 Å². The smallest absolute Gasteiger partial charge is 0.150 e. The normalized spacial score (nSPS) is 22.2. The van der Waals surface area contributed by atoms with Gasteiger partial charge in [-0.25, -0.2) is 8.42 Å². The second-order valence-electron chi connectivity index (χ2n) is 5.81. The first-order chi connectivity index (χ1) is 10.1. The molecule has 118 valence electrons. The van der Waals surface area contributed by atoms with Gasteiger partial charge < -0.3 is 10.1 Å². The zero-order chi connectivity index (χ0) is 15.1. The fourth-order valence-electron chi connectivity index (χ4n) is 2.98. The van der Waals surface area contributed by atoms with Gasteiger partial charge in [-0.15, -0.1) is 0 Å². The summed E-state index contributed by atoms with van der Waals surface area (Å²) in [6.45, 7) is 2.33. The molecule has 2 unspecified atom stereocenters. The Bertz CT molecular complexity index is 516. The van der Waals surface area contributed by atoms with E-state index < -0.39 is 9.84 Å². The lowest BCUT2D eigenvalue weighted by Gasteiger charge is -2.23. The maximum absolute atomic E-state index is 11.7. The first-order valence-electron chi connectivity index (χ1n) is 7.55. The highest BCUT2D eigenvalue weighted by molar-refractivity contribution is 7.91. The third-order valence-corrected chi connectivity index (χ3v) is 5.96. The van der Waals surface area contributed by atoms with Gasteiger partial charge in [-0.1, -0.05) is 30.3 Å². The van der Waals surface area contributed by atoms with Crippen molar-refractivity contribution in [2.24, 2.45) is 11.8 Å². The van der Waals surface area contributed by atoms with Gasteiger partial charge in [0, 0.05) is 13.7 Å². The van der Waals surface area contributed by atoms with E-state index in [2.05, 4.69) is 17.4 Å². The summed E-state index contributed by atoms with van der Waals surface area (Å²) in [6.07, 6.45) is 1.73. The minimum Gasteiger partial charge on any atom is -0.383 e. The third-order valence-electron chi connectivity index (χ3n) is 4.16. The SMILES string of the molecule is COCCNCC(Cc1ccccc1)C1CCS(=O)(=O)C1. The first-order valence-corrected chi connectivity index (χ1v) is 9.37. The minimum atomic E-state index is -2.82. The van der Waals surface area contributed by atoms with E-state index in [0.717, 1.165) is 25.9 Å². The highest BCUT2D eigenvalue weighted by atomic mass is 32.2. The number of nitrogens with one attached hydrogen (secondary N) is 1. The molecule has 1 N–H and O–H groups in total. The van der Waals surface area contributed by atoms with Crippen LogP contribution in [0.25, 0.3) is 0 Å². The average molecular weight is 311 g/mol. The number of hydrogen-bond donors (Lipinski definition) is 1. The predicted molar refractivity (Wildman–Crippen MR) is 85.1 cm³/mol. The molecule has 2 atom stereocenters. The molecule has 1 saturated heterocycles. The molecule has 1 aliphatic heterocycles. The van der Waals surface area contributed by atoms with E-state index >= 15 is 0 Å². The molecule has 0 amide bonds. The van der Waals surface area contributed by atoms with Crippen LogP contribution in [0.3, 0.4) is 0 Å². The van der Waals surface area contributed by atoms with Crippen LogP contribution in [0.15, 0.2) is 30.3 Å². The summed E-state index contributed by atoms with van der Waals surface area (Å²) >= 11 is 0. The quantitative estimate of drug-likeness (QED) is 0.740. The summed E-state index contributed by atoms with van der Waals surface area (Å²) in [4.78, 5) is 0. The Morgan fingerprint density at radius 3 is 2.71 bits per heavy atom. The lowest BCUT2D eigenvalue weighted by atomic mass is 9.86. The van der Waals surface area contributed by atoms with Crippen molar-refractivity contribution in [1.82, 2.24) is 5.32 Å². The highest BCUT2D eigenvalue weighted by Crippen LogP contribution is 2.28. The van der Waals surface area contributed by atoms with Crippen LogP contribution < -0.4 is 5.32 Å². The molecule has 1 aromatic rings. The standard InChI is InChI=1S/C16H25NO3S/c1-20-9-8-17-12-16(11-14-5-3-2-4-6-14)15-7-10-21(18,19)13-15/h2-6,15-17H,7-13H2,1H3. The van der Waals surface area contributed by atoms with E-state index in [1.165, 1.54) is 5.56 Å². The van der Waals surface area contributed by atoms with Crippen molar-refractivity contribution >= 4 is 9.84 Å². The summed E-state index contributed by atoms with van der Waals surface area (Å²) < 4.78 is 28.5. The van der Waals surface area contributed by atoms with Crippen molar-refractivity contribution in [3.63, 3.8) is 0 Å². The molecule has 0 bridgehead atoms. The van der Waals surface area contributed by atoms with Crippen LogP contribution in [-0.2, 0) is 21.0 Å². The maximum atomic E-state index is 11.7. The van der Waals surface area contributed by atoms with Gasteiger partial charge in [-0.2, -0.15) is 0 Å². The largest absolute Gasteiger partial charge is 0.383 e. The molecule has 2 rings (SSSR count). The molecule has 21 heavy (non-hydrogen) atoms. The van der Waals surface area contributed by atoms with Gasteiger partial charge in [0.2, 0.25) is 0 Å². The average Bonchev–Trinajstić information content (AvgIpc) is 2.83. The lowest BCUT2D eigenvalue weighted by Crippen LogP contribution is -2.32. The molecule has 1 aromatic carbocycles. The van der Waals surface area contributed by atoms with Crippen LogP contribution in [0.4, 0.5) is 0 Å². The van der Waals surface area contributed by atoms with Gasteiger partial charge in [0.1, 0.15) is 0 Å². The van der Waals surface area contributed by atoms with Crippen molar-refractivity contribution in [3.8, 4) is 0 Å². The van der Waals surface area contributed by atoms with Gasteiger partial charge in [0.25, 0.3) is 0 Å². The van der Waals surface area contributed by atoms with E-state index in [-0.39, 0.29) is 5.92 Å². The molecular weight excluding hydrogens is 286 g/mol. The van der Waals surface area contributed by atoms with Gasteiger partial charge in [0.05, 0.1) is 18.1 Å². The fourth-order valence-corrected chi connectivity index (χ4v) is 4.90. The Morgan fingerprint density at radius 1 is 1.33 bits per heavy atom. The second kappa shape index (κ2) is 7.92. The summed E-state index contributed by atoms with van der Waals surface area (Å²) in [6, 6.07) is 10.3. The summed E-state index contributed by atoms with van der Waals surface area (Å²) in [5.41, 5.74) is 1.28. The minimum absolute atomic E-state index is 0.269. The monoisotopic (exact) mass is 311 g/mol.